The molecule has 1 amide bonds. The van der Waals surface area contributed by atoms with Crippen LogP contribution in [0.5, 0.6) is 0 Å². The second kappa shape index (κ2) is 6.89. The van der Waals surface area contributed by atoms with Crippen LogP contribution in [0.4, 0.5) is 0 Å². The van der Waals surface area contributed by atoms with Crippen molar-refractivity contribution in [3.05, 3.63) is 35.4 Å². The van der Waals surface area contributed by atoms with Gasteiger partial charge in [0, 0.05) is 19.5 Å². The van der Waals surface area contributed by atoms with E-state index in [0.717, 1.165) is 25.9 Å². The SMILES string of the molecule is CCC(CC(=O)N1CCC(CN)C1)c1ccc(C)cc1. The van der Waals surface area contributed by atoms with Gasteiger partial charge >= 0.3 is 0 Å². The number of benzene rings is 1. The Balaban J connectivity index is 1.96. The van der Waals surface area contributed by atoms with Crippen LogP contribution in [-0.4, -0.2) is 30.4 Å². The highest BCUT2D eigenvalue weighted by molar-refractivity contribution is 5.77. The Labute approximate surface area is 122 Å². The van der Waals surface area contributed by atoms with Gasteiger partial charge in [-0.05, 0) is 43.7 Å². The van der Waals surface area contributed by atoms with E-state index in [1.165, 1.54) is 11.1 Å². The molecule has 1 aliphatic rings. The zero-order chi connectivity index (χ0) is 14.5. The quantitative estimate of drug-likeness (QED) is 0.897. The van der Waals surface area contributed by atoms with Crippen molar-refractivity contribution in [3.8, 4) is 0 Å². The highest BCUT2D eigenvalue weighted by Gasteiger charge is 2.26. The molecule has 110 valence electrons. The zero-order valence-corrected chi connectivity index (χ0v) is 12.6. The van der Waals surface area contributed by atoms with Crippen LogP contribution in [0.1, 0.15) is 43.2 Å². The molecule has 3 nitrogen and oxygen atoms in total. The maximum absolute atomic E-state index is 12.4. The predicted molar refractivity (Wildman–Crippen MR) is 82.6 cm³/mol. The molecule has 2 rings (SSSR count). The van der Waals surface area contributed by atoms with E-state index in [2.05, 4.69) is 38.1 Å². The molecule has 1 aromatic rings. The Morgan fingerprint density at radius 1 is 1.40 bits per heavy atom. The van der Waals surface area contributed by atoms with Gasteiger partial charge in [0.15, 0.2) is 0 Å². The van der Waals surface area contributed by atoms with Crippen molar-refractivity contribution in [3.63, 3.8) is 0 Å². The van der Waals surface area contributed by atoms with Crippen LogP contribution in [0.2, 0.25) is 0 Å². The van der Waals surface area contributed by atoms with Gasteiger partial charge in [0.05, 0.1) is 0 Å². The van der Waals surface area contributed by atoms with Gasteiger partial charge in [-0.2, -0.15) is 0 Å². The van der Waals surface area contributed by atoms with Crippen molar-refractivity contribution >= 4 is 5.91 Å². The number of rotatable bonds is 5. The van der Waals surface area contributed by atoms with Crippen LogP contribution in [0, 0.1) is 12.8 Å². The molecule has 1 aromatic carbocycles. The molecule has 1 heterocycles. The number of carbonyl (C=O) groups is 1. The van der Waals surface area contributed by atoms with E-state index >= 15 is 0 Å². The summed E-state index contributed by atoms with van der Waals surface area (Å²) in [5.41, 5.74) is 8.23. The molecule has 1 aliphatic heterocycles. The van der Waals surface area contributed by atoms with E-state index in [1.807, 2.05) is 4.90 Å². The molecule has 0 saturated carbocycles. The van der Waals surface area contributed by atoms with E-state index < -0.39 is 0 Å². The smallest absolute Gasteiger partial charge is 0.223 e. The molecule has 3 heteroatoms. The first-order chi connectivity index (χ1) is 9.63. The van der Waals surface area contributed by atoms with Gasteiger partial charge in [-0.15, -0.1) is 0 Å². The summed E-state index contributed by atoms with van der Waals surface area (Å²) in [7, 11) is 0. The number of nitrogens with zero attached hydrogens (tertiary/aromatic N) is 1. The summed E-state index contributed by atoms with van der Waals surface area (Å²) in [6, 6.07) is 8.57. The van der Waals surface area contributed by atoms with Crippen LogP contribution in [0.15, 0.2) is 24.3 Å². The summed E-state index contributed by atoms with van der Waals surface area (Å²) in [5.74, 6) is 1.12. The lowest BCUT2D eigenvalue weighted by molar-refractivity contribution is -0.130. The number of amides is 1. The van der Waals surface area contributed by atoms with Crippen molar-refractivity contribution in [2.45, 2.75) is 39.0 Å². The van der Waals surface area contributed by atoms with Gasteiger partial charge in [0.25, 0.3) is 0 Å². The normalized spacial score (nSPS) is 20.1. The minimum absolute atomic E-state index is 0.286. The van der Waals surface area contributed by atoms with Gasteiger partial charge < -0.3 is 10.6 Å². The molecule has 1 saturated heterocycles. The first-order valence-electron chi connectivity index (χ1n) is 7.68. The molecule has 2 unspecified atom stereocenters. The molecular formula is C17H26N2O. The summed E-state index contributed by atoms with van der Waals surface area (Å²) in [4.78, 5) is 14.4. The molecule has 0 aromatic heterocycles. The first-order valence-corrected chi connectivity index (χ1v) is 7.68. The largest absolute Gasteiger partial charge is 0.342 e. The summed E-state index contributed by atoms with van der Waals surface area (Å²) < 4.78 is 0. The predicted octanol–water partition coefficient (Wildman–Crippen LogP) is 2.69. The fraction of sp³-hybridized carbons (Fsp3) is 0.588. The summed E-state index contributed by atoms with van der Waals surface area (Å²) in [6.45, 7) is 6.67. The third-order valence-electron chi connectivity index (χ3n) is 4.43. The van der Waals surface area contributed by atoms with E-state index in [0.29, 0.717) is 24.8 Å². The number of nitrogens with two attached hydrogens (primary N) is 1. The van der Waals surface area contributed by atoms with Crippen LogP contribution in [0.3, 0.4) is 0 Å². The van der Waals surface area contributed by atoms with Crippen LogP contribution in [-0.2, 0) is 4.79 Å². The highest BCUT2D eigenvalue weighted by Crippen LogP contribution is 2.26. The second-order valence-electron chi connectivity index (χ2n) is 5.95. The Bertz CT molecular complexity index is 441. The molecule has 20 heavy (non-hydrogen) atoms. The highest BCUT2D eigenvalue weighted by atomic mass is 16.2. The second-order valence-corrected chi connectivity index (χ2v) is 5.95. The van der Waals surface area contributed by atoms with Crippen LogP contribution < -0.4 is 5.73 Å². The number of likely N-dealkylation sites (tertiary alicyclic amines) is 1. The third kappa shape index (κ3) is 3.60. The van der Waals surface area contributed by atoms with Crippen molar-refractivity contribution in [1.29, 1.82) is 0 Å². The van der Waals surface area contributed by atoms with E-state index in [-0.39, 0.29) is 5.91 Å². The standard InChI is InChI=1S/C17H26N2O/c1-3-15(16-6-4-13(2)5-7-16)10-17(20)19-9-8-14(11-18)12-19/h4-7,14-15H,3,8-12,18H2,1-2H3. The molecule has 2 N–H and O–H groups in total. The molecule has 0 radical (unpaired) electrons. The average molecular weight is 274 g/mol. The number of hydrogen-bond acceptors (Lipinski definition) is 2. The van der Waals surface area contributed by atoms with Crippen molar-refractivity contribution in [2.24, 2.45) is 11.7 Å². The van der Waals surface area contributed by atoms with Gasteiger partial charge in [0.2, 0.25) is 5.91 Å². The maximum Gasteiger partial charge on any atom is 0.223 e. The van der Waals surface area contributed by atoms with E-state index in [1.54, 1.807) is 0 Å². The minimum Gasteiger partial charge on any atom is -0.342 e. The van der Waals surface area contributed by atoms with Crippen molar-refractivity contribution in [2.75, 3.05) is 19.6 Å². The summed E-state index contributed by atoms with van der Waals surface area (Å²) in [5, 5.41) is 0. The van der Waals surface area contributed by atoms with Crippen LogP contribution in [0.25, 0.3) is 0 Å². The fourth-order valence-corrected chi connectivity index (χ4v) is 2.93. The Morgan fingerprint density at radius 2 is 2.10 bits per heavy atom. The average Bonchev–Trinajstić information content (AvgIpc) is 2.94. The zero-order valence-electron chi connectivity index (χ0n) is 12.6. The Kier molecular flexibility index (Phi) is 5.18. The lowest BCUT2D eigenvalue weighted by Crippen LogP contribution is -2.30. The van der Waals surface area contributed by atoms with Gasteiger partial charge in [-0.25, -0.2) is 0 Å². The lowest BCUT2D eigenvalue weighted by atomic mass is 9.92. The first kappa shape index (κ1) is 15.0. The minimum atomic E-state index is 0.286. The Hall–Kier alpha value is -1.35. The molecule has 0 bridgehead atoms. The van der Waals surface area contributed by atoms with E-state index in [9.17, 15) is 4.79 Å². The van der Waals surface area contributed by atoms with Crippen molar-refractivity contribution < 1.29 is 4.79 Å². The Morgan fingerprint density at radius 3 is 2.65 bits per heavy atom. The van der Waals surface area contributed by atoms with Gasteiger partial charge in [-0.3, -0.25) is 4.79 Å². The topological polar surface area (TPSA) is 46.3 Å². The number of carbonyl (C=O) groups excluding carboxylic acids is 1. The fourth-order valence-electron chi connectivity index (χ4n) is 2.93. The van der Waals surface area contributed by atoms with E-state index in [4.69, 9.17) is 5.73 Å². The summed E-state index contributed by atoms with van der Waals surface area (Å²) >= 11 is 0. The molecule has 1 fully saturated rings. The van der Waals surface area contributed by atoms with Gasteiger partial charge in [0.1, 0.15) is 0 Å². The maximum atomic E-state index is 12.4. The molecular weight excluding hydrogens is 248 g/mol. The number of hydrogen-bond donors (Lipinski definition) is 1. The molecule has 0 spiro atoms. The monoisotopic (exact) mass is 274 g/mol. The lowest BCUT2D eigenvalue weighted by Gasteiger charge is -2.21. The third-order valence-corrected chi connectivity index (χ3v) is 4.43. The number of aryl methyl sites for hydroxylation is 1. The molecule has 2 atom stereocenters. The van der Waals surface area contributed by atoms with Crippen molar-refractivity contribution in [1.82, 2.24) is 4.90 Å². The summed E-state index contributed by atoms with van der Waals surface area (Å²) in [6.07, 6.45) is 2.68. The van der Waals surface area contributed by atoms with Crippen LogP contribution >= 0.6 is 0 Å². The molecule has 0 aliphatic carbocycles. The van der Waals surface area contributed by atoms with Gasteiger partial charge in [-0.1, -0.05) is 36.8 Å².